The molecule has 1 aliphatic heterocycles. The lowest BCUT2D eigenvalue weighted by Crippen LogP contribution is -2.29. The van der Waals surface area contributed by atoms with Crippen LogP contribution in [0.15, 0.2) is 0 Å². The van der Waals surface area contributed by atoms with Gasteiger partial charge in [0.1, 0.15) is 0 Å². The van der Waals surface area contributed by atoms with E-state index < -0.39 is 16.0 Å². The van der Waals surface area contributed by atoms with Gasteiger partial charge in [-0.15, -0.1) is 0 Å². The Morgan fingerprint density at radius 3 is 2.50 bits per heavy atom. The third-order valence-electron chi connectivity index (χ3n) is 2.15. The smallest absolute Gasteiger partial charge is 0.152 e. The van der Waals surface area contributed by atoms with Gasteiger partial charge in [-0.2, -0.15) is 0 Å². The van der Waals surface area contributed by atoms with Crippen LogP contribution in [0.25, 0.3) is 0 Å². The van der Waals surface area contributed by atoms with Crippen molar-refractivity contribution in [2.24, 2.45) is 11.7 Å². The molecule has 0 aromatic heterocycles. The van der Waals surface area contributed by atoms with Crippen molar-refractivity contribution in [3.05, 3.63) is 0 Å². The topological polar surface area (TPSA) is 60.2 Å². The summed E-state index contributed by atoms with van der Waals surface area (Å²) in [6.07, 6.45) is -0.699. The van der Waals surface area contributed by atoms with Gasteiger partial charge in [-0.1, -0.05) is 0 Å². The van der Waals surface area contributed by atoms with Gasteiger partial charge in [0.2, 0.25) is 0 Å². The molecule has 0 amide bonds. The maximum atomic E-state index is 12.5. The summed E-state index contributed by atoms with van der Waals surface area (Å²) < 4.78 is 34.6. The first-order valence-electron chi connectivity index (χ1n) is 4.01. The van der Waals surface area contributed by atoms with Crippen LogP contribution in [0.2, 0.25) is 0 Å². The number of hydrogen-bond acceptors (Lipinski definition) is 3. The summed E-state index contributed by atoms with van der Waals surface area (Å²) in [6.45, 7) is 1.43. The summed E-state index contributed by atoms with van der Waals surface area (Å²) in [7, 11) is -2.98. The molecule has 72 valence electrons. The van der Waals surface area contributed by atoms with Gasteiger partial charge in [0.15, 0.2) is 9.84 Å². The summed E-state index contributed by atoms with van der Waals surface area (Å²) in [5.74, 6) is -0.109. The highest BCUT2D eigenvalue weighted by Gasteiger charge is 2.35. The number of sulfone groups is 1. The van der Waals surface area contributed by atoms with Crippen molar-refractivity contribution in [3.63, 3.8) is 0 Å². The highest BCUT2D eigenvalue weighted by atomic mass is 32.2. The summed E-state index contributed by atoms with van der Waals surface area (Å²) in [4.78, 5) is 0. The van der Waals surface area contributed by atoms with Gasteiger partial charge in [0.05, 0.1) is 17.7 Å². The fourth-order valence-corrected chi connectivity index (χ4v) is 3.64. The Morgan fingerprint density at radius 2 is 2.17 bits per heavy atom. The Balaban J connectivity index is 2.58. The predicted molar refractivity (Wildman–Crippen MR) is 45.3 cm³/mol. The van der Waals surface area contributed by atoms with E-state index in [1.54, 1.807) is 0 Å². The summed E-state index contributed by atoms with van der Waals surface area (Å²) >= 11 is 0. The second-order valence-electron chi connectivity index (χ2n) is 3.52. The summed E-state index contributed by atoms with van der Waals surface area (Å²) in [6, 6.07) is -0.367. The Hall–Kier alpha value is -0.160. The zero-order valence-corrected chi connectivity index (χ0v) is 7.85. The number of rotatable bonds is 2. The largest absolute Gasteiger partial charge is 0.326 e. The number of halogens is 1. The Labute approximate surface area is 72.1 Å². The van der Waals surface area contributed by atoms with Crippen molar-refractivity contribution in [3.8, 4) is 0 Å². The van der Waals surface area contributed by atoms with E-state index in [-0.39, 0.29) is 29.9 Å². The number of nitrogens with two attached hydrogens (primary N) is 1. The third-order valence-corrected chi connectivity index (χ3v) is 3.98. The number of hydrogen-bond donors (Lipinski definition) is 1. The van der Waals surface area contributed by atoms with Gasteiger partial charge in [-0.3, -0.25) is 0 Å². The first-order valence-corrected chi connectivity index (χ1v) is 5.83. The van der Waals surface area contributed by atoms with Crippen LogP contribution in [-0.4, -0.2) is 32.1 Å². The second-order valence-corrected chi connectivity index (χ2v) is 5.67. The van der Waals surface area contributed by atoms with Gasteiger partial charge < -0.3 is 5.73 Å². The molecule has 5 heteroatoms. The minimum Gasteiger partial charge on any atom is -0.326 e. The molecule has 1 heterocycles. The molecule has 1 fully saturated rings. The maximum absolute atomic E-state index is 12.5. The normalized spacial score (nSPS) is 36.6. The van der Waals surface area contributed by atoms with Crippen LogP contribution >= 0.6 is 0 Å². The fraction of sp³-hybridized carbons (Fsp3) is 1.00. The molecule has 0 saturated carbocycles. The van der Waals surface area contributed by atoms with Gasteiger partial charge in [0, 0.05) is 6.04 Å². The van der Waals surface area contributed by atoms with E-state index in [4.69, 9.17) is 5.73 Å². The van der Waals surface area contributed by atoms with Crippen molar-refractivity contribution < 1.29 is 12.8 Å². The average molecular weight is 195 g/mol. The van der Waals surface area contributed by atoms with Crippen molar-refractivity contribution >= 4 is 9.84 Å². The highest BCUT2D eigenvalue weighted by molar-refractivity contribution is 7.91. The quantitative estimate of drug-likeness (QED) is 0.680. The van der Waals surface area contributed by atoms with Crippen LogP contribution in [0.3, 0.4) is 0 Å². The molecule has 1 rings (SSSR count). The molecule has 0 radical (unpaired) electrons. The molecule has 3 nitrogen and oxygen atoms in total. The molecule has 0 aromatic carbocycles. The summed E-state index contributed by atoms with van der Waals surface area (Å²) in [5.41, 5.74) is 5.56. The van der Waals surface area contributed by atoms with Crippen LogP contribution in [-0.2, 0) is 9.84 Å². The number of alkyl halides is 1. The van der Waals surface area contributed by atoms with Gasteiger partial charge in [-0.05, 0) is 19.3 Å². The van der Waals surface area contributed by atoms with Gasteiger partial charge >= 0.3 is 0 Å². The molecular formula is C7H14FNO2S. The van der Waals surface area contributed by atoms with E-state index in [1.807, 2.05) is 0 Å². The van der Waals surface area contributed by atoms with E-state index in [0.29, 0.717) is 0 Å². The molecule has 2 N–H and O–H groups in total. The molecule has 1 aliphatic rings. The van der Waals surface area contributed by atoms with Crippen molar-refractivity contribution in [2.45, 2.75) is 25.6 Å². The standard InChI is InChI=1S/C7H14FNO2S/c1-5(8)2-6-3-12(10,11)4-7(6)9/h5-7H,2-4,9H2,1H3. The van der Waals surface area contributed by atoms with Crippen molar-refractivity contribution in [2.75, 3.05) is 11.5 Å². The van der Waals surface area contributed by atoms with Gasteiger partial charge in [-0.25, -0.2) is 12.8 Å². The van der Waals surface area contributed by atoms with Gasteiger partial charge in [0.25, 0.3) is 0 Å². The van der Waals surface area contributed by atoms with E-state index in [1.165, 1.54) is 6.92 Å². The minimum absolute atomic E-state index is 0.0182. The lowest BCUT2D eigenvalue weighted by atomic mass is 9.98. The lowest BCUT2D eigenvalue weighted by molar-refractivity contribution is 0.288. The Morgan fingerprint density at radius 1 is 1.58 bits per heavy atom. The minimum atomic E-state index is -2.98. The van der Waals surface area contributed by atoms with E-state index >= 15 is 0 Å². The first kappa shape index (κ1) is 9.92. The average Bonchev–Trinajstić information content (AvgIpc) is 2.03. The lowest BCUT2D eigenvalue weighted by Gasteiger charge is -2.13. The van der Waals surface area contributed by atoms with Crippen LogP contribution in [0, 0.1) is 5.92 Å². The molecule has 3 unspecified atom stereocenters. The van der Waals surface area contributed by atoms with Crippen LogP contribution in [0.1, 0.15) is 13.3 Å². The first-order chi connectivity index (χ1) is 5.41. The molecule has 0 spiro atoms. The SMILES string of the molecule is CC(F)CC1CS(=O)(=O)CC1N. The Kier molecular flexibility index (Phi) is 2.73. The monoisotopic (exact) mass is 195 g/mol. The highest BCUT2D eigenvalue weighted by Crippen LogP contribution is 2.22. The maximum Gasteiger partial charge on any atom is 0.152 e. The molecule has 0 aromatic rings. The molecular weight excluding hydrogens is 181 g/mol. The van der Waals surface area contributed by atoms with Crippen molar-refractivity contribution in [1.29, 1.82) is 0 Å². The van der Waals surface area contributed by atoms with E-state index in [0.717, 1.165) is 0 Å². The second kappa shape index (κ2) is 3.30. The van der Waals surface area contributed by atoms with Crippen LogP contribution in [0.5, 0.6) is 0 Å². The molecule has 0 bridgehead atoms. The zero-order chi connectivity index (χ0) is 9.35. The Bertz CT molecular complexity index is 250. The summed E-state index contributed by atoms with van der Waals surface area (Å²) in [5, 5.41) is 0. The molecule has 0 aliphatic carbocycles. The molecule has 3 atom stereocenters. The molecule has 1 saturated heterocycles. The van der Waals surface area contributed by atoms with E-state index in [2.05, 4.69) is 0 Å². The van der Waals surface area contributed by atoms with Crippen molar-refractivity contribution in [1.82, 2.24) is 0 Å². The zero-order valence-electron chi connectivity index (χ0n) is 7.03. The van der Waals surface area contributed by atoms with Crippen LogP contribution < -0.4 is 5.73 Å². The van der Waals surface area contributed by atoms with E-state index in [9.17, 15) is 12.8 Å². The van der Waals surface area contributed by atoms with Crippen LogP contribution in [0.4, 0.5) is 4.39 Å². The fourth-order valence-electron chi connectivity index (χ4n) is 1.61. The predicted octanol–water partition coefficient (Wildman–Crippen LogP) is 0.106. The molecule has 12 heavy (non-hydrogen) atoms. The third kappa shape index (κ3) is 2.42.